The highest BCUT2D eigenvalue weighted by atomic mass is 19.1. The number of likely N-dealkylation sites (tertiary alicyclic amines) is 1. The number of benzene rings is 1. The smallest absolute Gasteiger partial charge is 0.191 e. The van der Waals surface area contributed by atoms with Crippen molar-refractivity contribution in [2.45, 2.75) is 51.7 Å². The Bertz CT molecular complexity index is 571. The van der Waals surface area contributed by atoms with Crippen LogP contribution in [-0.2, 0) is 11.2 Å². The number of hydrogen-bond acceptors (Lipinski definition) is 3. The molecule has 27 heavy (non-hydrogen) atoms. The first-order valence-corrected chi connectivity index (χ1v) is 10.1. The zero-order chi connectivity index (χ0) is 19.5. The van der Waals surface area contributed by atoms with Crippen molar-refractivity contribution in [1.29, 1.82) is 0 Å². The van der Waals surface area contributed by atoms with E-state index < -0.39 is 0 Å². The predicted octanol–water partition coefficient (Wildman–Crippen LogP) is 2.81. The number of guanidine groups is 1. The maximum atomic E-state index is 13.2. The number of ether oxygens (including phenoxy) is 1. The fraction of sp³-hybridized carbons (Fsp3) is 0.667. The number of nitrogens with one attached hydrogen (secondary N) is 2. The van der Waals surface area contributed by atoms with Crippen LogP contribution in [-0.4, -0.2) is 62.8 Å². The first-order chi connectivity index (χ1) is 13.1. The Hall–Kier alpha value is -1.66. The van der Waals surface area contributed by atoms with E-state index in [4.69, 9.17) is 4.74 Å². The molecule has 1 saturated heterocycles. The van der Waals surface area contributed by atoms with Crippen LogP contribution < -0.4 is 10.6 Å². The summed E-state index contributed by atoms with van der Waals surface area (Å²) in [5, 5.41) is 6.90. The molecule has 1 fully saturated rings. The summed E-state index contributed by atoms with van der Waals surface area (Å²) in [6.07, 6.45) is 4.34. The SMILES string of the molecule is CN=C(NCCCc1cccc(F)c1)NC1CCN(CCOC(C)C)CC1. The molecule has 2 N–H and O–H groups in total. The Labute approximate surface area is 163 Å². The summed E-state index contributed by atoms with van der Waals surface area (Å²) in [5.74, 6) is 0.691. The molecule has 0 radical (unpaired) electrons. The summed E-state index contributed by atoms with van der Waals surface area (Å²) in [6.45, 7) is 8.98. The van der Waals surface area contributed by atoms with Crippen molar-refractivity contribution >= 4 is 5.96 Å². The van der Waals surface area contributed by atoms with Crippen LogP contribution in [0, 0.1) is 5.82 Å². The lowest BCUT2D eigenvalue weighted by molar-refractivity contribution is 0.0532. The van der Waals surface area contributed by atoms with E-state index >= 15 is 0 Å². The fourth-order valence-electron chi connectivity index (χ4n) is 3.30. The largest absolute Gasteiger partial charge is 0.377 e. The normalized spacial score (nSPS) is 16.7. The summed E-state index contributed by atoms with van der Waals surface area (Å²) in [5.41, 5.74) is 1.04. The second-order valence-corrected chi connectivity index (χ2v) is 7.41. The summed E-state index contributed by atoms with van der Waals surface area (Å²) in [7, 11) is 1.81. The topological polar surface area (TPSA) is 48.9 Å². The van der Waals surface area contributed by atoms with Gasteiger partial charge in [-0.15, -0.1) is 0 Å². The van der Waals surface area contributed by atoms with Gasteiger partial charge in [-0.25, -0.2) is 4.39 Å². The molecule has 0 unspecified atom stereocenters. The van der Waals surface area contributed by atoms with Gasteiger partial charge in [0, 0.05) is 39.3 Å². The highest BCUT2D eigenvalue weighted by Crippen LogP contribution is 2.10. The molecule has 1 heterocycles. The van der Waals surface area contributed by atoms with Gasteiger partial charge in [-0.05, 0) is 57.2 Å². The van der Waals surface area contributed by atoms with Crippen molar-refractivity contribution in [2.24, 2.45) is 4.99 Å². The molecular weight excluding hydrogens is 343 g/mol. The molecule has 1 aliphatic heterocycles. The lowest BCUT2D eigenvalue weighted by Gasteiger charge is -2.33. The molecular formula is C21H35FN4O. The minimum absolute atomic E-state index is 0.167. The molecule has 2 rings (SSSR count). The fourth-order valence-corrected chi connectivity index (χ4v) is 3.30. The average Bonchev–Trinajstić information content (AvgIpc) is 2.65. The molecule has 0 amide bonds. The molecule has 0 aromatic heterocycles. The molecule has 0 atom stereocenters. The maximum Gasteiger partial charge on any atom is 0.191 e. The van der Waals surface area contributed by atoms with Crippen molar-refractivity contribution in [2.75, 3.05) is 39.8 Å². The number of aryl methyl sites for hydroxylation is 1. The number of hydrogen-bond donors (Lipinski definition) is 2. The van der Waals surface area contributed by atoms with E-state index in [-0.39, 0.29) is 5.82 Å². The third kappa shape index (κ3) is 8.71. The Morgan fingerprint density at radius 3 is 2.78 bits per heavy atom. The van der Waals surface area contributed by atoms with Gasteiger partial charge in [-0.1, -0.05) is 12.1 Å². The van der Waals surface area contributed by atoms with E-state index in [9.17, 15) is 4.39 Å². The highest BCUT2D eigenvalue weighted by Gasteiger charge is 2.19. The lowest BCUT2D eigenvalue weighted by Crippen LogP contribution is -2.49. The van der Waals surface area contributed by atoms with E-state index in [0.717, 1.165) is 70.0 Å². The second kappa shape index (κ2) is 11.9. The molecule has 0 aliphatic carbocycles. The van der Waals surface area contributed by atoms with Crippen LogP contribution in [0.25, 0.3) is 0 Å². The number of halogens is 1. The van der Waals surface area contributed by atoms with Gasteiger partial charge in [0.1, 0.15) is 5.82 Å². The Morgan fingerprint density at radius 1 is 1.33 bits per heavy atom. The average molecular weight is 379 g/mol. The maximum absolute atomic E-state index is 13.2. The monoisotopic (exact) mass is 378 g/mol. The molecule has 0 spiro atoms. The van der Waals surface area contributed by atoms with Gasteiger partial charge < -0.3 is 20.3 Å². The third-order valence-corrected chi connectivity index (χ3v) is 4.83. The van der Waals surface area contributed by atoms with Gasteiger partial charge in [0.05, 0.1) is 12.7 Å². The molecule has 5 nitrogen and oxygen atoms in total. The molecule has 152 valence electrons. The van der Waals surface area contributed by atoms with Crippen LogP contribution in [0.2, 0.25) is 0 Å². The van der Waals surface area contributed by atoms with Crippen LogP contribution in [0.1, 0.15) is 38.7 Å². The summed E-state index contributed by atoms with van der Waals surface area (Å²) in [4.78, 5) is 6.80. The van der Waals surface area contributed by atoms with Gasteiger partial charge in [0.15, 0.2) is 5.96 Å². The predicted molar refractivity (Wildman–Crippen MR) is 110 cm³/mol. The van der Waals surface area contributed by atoms with Crippen molar-refractivity contribution in [3.8, 4) is 0 Å². The van der Waals surface area contributed by atoms with Gasteiger partial charge in [0.25, 0.3) is 0 Å². The Morgan fingerprint density at radius 2 is 2.11 bits per heavy atom. The standard InChI is InChI=1S/C21H35FN4O/c1-17(2)27-15-14-26-12-9-20(10-13-26)25-21(23-3)24-11-5-7-18-6-4-8-19(22)16-18/h4,6,8,16-17,20H,5,7,9-15H2,1-3H3,(H2,23,24,25). The van der Waals surface area contributed by atoms with Crippen LogP contribution in [0.4, 0.5) is 4.39 Å². The highest BCUT2D eigenvalue weighted by molar-refractivity contribution is 5.79. The Kier molecular flexibility index (Phi) is 9.56. The molecule has 0 bridgehead atoms. The third-order valence-electron chi connectivity index (χ3n) is 4.83. The van der Waals surface area contributed by atoms with Crippen LogP contribution in [0.3, 0.4) is 0 Å². The zero-order valence-corrected chi connectivity index (χ0v) is 17.0. The number of rotatable bonds is 9. The van der Waals surface area contributed by atoms with Crippen LogP contribution in [0.5, 0.6) is 0 Å². The van der Waals surface area contributed by atoms with Gasteiger partial charge >= 0.3 is 0 Å². The van der Waals surface area contributed by atoms with Crippen LogP contribution in [0.15, 0.2) is 29.3 Å². The number of nitrogens with zero attached hydrogens (tertiary/aromatic N) is 2. The minimum atomic E-state index is -0.167. The minimum Gasteiger partial charge on any atom is -0.377 e. The second-order valence-electron chi connectivity index (χ2n) is 7.41. The van der Waals surface area contributed by atoms with E-state index in [1.807, 2.05) is 6.07 Å². The first kappa shape index (κ1) is 21.6. The van der Waals surface area contributed by atoms with Crippen molar-refractivity contribution in [1.82, 2.24) is 15.5 Å². The zero-order valence-electron chi connectivity index (χ0n) is 17.0. The van der Waals surface area contributed by atoms with E-state index in [2.05, 4.69) is 34.4 Å². The summed E-state index contributed by atoms with van der Waals surface area (Å²) in [6, 6.07) is 7.28. The summed E-state index contributed by atoms with van der Waals surface area (Å²) < 4.78 is 18.8. The number of aliphatic imine (C=N–C) groups is 1. The van der Waals surface area contributed by atoms with Crippen molar-refractivity contribution < 1.29 is 9.13 Å². The molecule has 1 aromatic rings. The first-order valence-electron chi connectivity index (χ1n) is 10.1. The van der Waals surface area contributed by atoms with Gasteiger partial charge in [-0.2, -0.15) is 0 Å². The van der Waals surface area contributed by atoms with Gasteiger partial charge in [0.2, 0.25) is 0 Å². The summed E-state index contributed by atoms with van der Waals surface area (Å²) >= 11 is 0. The molecule has 1 aliphatic rings. The lowest BCUT2D eigenvalue weighted by atomic mass is 10.1. The van der Waals surface area contributed by atoms with E-state index in [1.165, 1.54) is 6.07 Å². The van der Waals surface area contributed by atoms with Crippen LogP contribution >= 0.6 is 0 Å². The van der Waals surface area contributed by atoms with E-state index in [0.29, 0.717) is 12.1 Å². The van der Waals surface area contributed by atoms with E-state index in [1.54, 1.807) is 19.2 Å². The van der Waals surface area contributed by atoms with Crippen molar-refractivity contribution in [3.05, 3.63) is 35.6 Å². The quantitative estimate of drug-likeness (QED) is 0.394. The van der Waals surface area contributed by atoms with Crippen molar-refractivity contribution in [3.63, 3.8) is 0 Å². The molecule has 1 aromatic carbocycles. The Balaban J connectivity index is 1.60. The number of piperidine rings is 1. The molecule has 6 heteroatoms. The molecule has 0 saturated carbocycles. The van der Waals surface area contributed by atoms with Gasteiger partial charge in [-0.3, -0.25) is 4.99 Å².